The summed E-state index contributed by atoms with van der Waals surface area (Å²) in [5.41, 5.74) is 0. The normalized spacial score (nSPS) is 28.9. The first-order chi connectivity index (χ1) is 6.70. The van der Waals surface area contributed by atoms with Gasteiger partial charge < -0.3 is 10.2 Å². The van der Waals surface area contributed by atoms with Gasteiger partial charge in [-0.2, -0.15) is 0 Å². The number of nitrogens with one attached hydrogen (secondary N) is 1. The summed E-state index contributed by atoms with van der Waals surface area (Å²) < 4.78 is 0. The maximum Gasteiger partial charge on any atom is 0.239 e. The summed E-state index contributed by atoms with van der Waals surface area (Å²) >= 11 is 0. The molecule has 0 bridgehead atoms. The average molecular weight is 197 g/mol. The molecule has 0 aromatic rings. The minimum atomic E-state index is 0.150. The smallest absolute Gasteiger partial charge is 0.239 e. The van der Waals surface area contributed by atoms with E-state index in [4.69, 9.17) is 0 Å². The van der Waals surface area contributed by atoms with Crippen LogP contribution < -0.4 is 5.32 Å². The van der Waals surface area contributed by atoms with Gasteiger partial charge in [-0.25, -0.2) is 0 Å². The molecule has 2 fully saturated rings. The highest BCUT2D eigenvalue weighted by Crippen LogP contribution is 2.22. The second-order valence-corrected chi connectivity index (χ2v) is 4.44. The standard InChI is InChI=1S/C10H19N3O/c1-12(2)10(14)9-4-3-5-13(9)8-6-11-7-8/h8-9,11H,3-7H2,1-2H3. The largest absolute Gasteiger partial charge is 0.347 e. The Morgan fingerprint density at radius 3 is 2.64 bits per heavy atom. The van der Waals surface area contributed by atoms with Crippen LogP contribution in [0.4, 0.5) is 0 Å². The topological polar surface area (TPSA) is 35.6 Å². The van der Waals surface area contributed by atoms with E-state index in [0.29, 0.717) is 6.04 Å². The molecule has 1 atom stereocenters. The molecule has 0 aromatic carbocycles. The summed E-state index contributed by atoms with van der Waals surface area (Å²) in [7, 11) is 3.69. The SMILES string of the molecule is CN(C)C(=O)C1CCCN1C1CNC1. The third kappa shape index (κ3) is 1.64. The lowest BCUT2D eigenvalue weighted by atomic mass is 10.1. The summed E-state index contributed by atoms with van der Waals surface area (Å²) in [4.78, 5) is 16.0. The Balaban J connectivity index is 1.99. The molecular formula is C10H19N3O. The highest BCUT2D eigenvalue weighted by molar-refractivity contribution is 5.81. The molecule has 80 valence electrons. The monoisotopic (exact) mass is 197 g/mol. The van der Waals surface area contributed by atoms with Crippen molar-refractivity contribution >= 4 is 5.91 Å². The highest BCUT2D eigenvalue weighted by Gasteiger charge is 2.37. The van der Waals surface area contributed by atoms with Gasteiger partial charge in [-0.1, -0.05) is 0 Å². The quantitative estimate of drug-likeness (QED) is 0.649. The van der Waals surface area contributed by atoms with E-state index in [0.717, 1.165) is 26.1 Å². The van der Waals surface area contributed by atoms with E-state index in [1.54, 1.807) is 4.90 Å². The summed E-state index contributed by atoms with van der Waals surface area (Å²) in [6, 6.07) is 0.753. The number of amides is 1. The lowest BCUT2D eigenvalue weighted by molar-refractivity contribution is -0.134. The van der Waals surface area contributed by atoms with Crippen molar-refractivity contribution in [3.63, 3.8) is 0 Å². The zero-order valence-corrected chi connectivity index (χ0v) is 8.99. The van der Waals surface area contributed by atoms with Crippen molar-refractivity contribution in [1.82, 2.24) is 15.1 Å². The van der Waals surface area contributed by atoms with Crippen LogP contribution in [0.2, 0.25) is 0 Å². The van der Waals surface area contributed by atoms with Crippen molar-refractivity contribution in [2.24, 2.45) is 0 Å². The molecule has 0 aliphatic carbocycles. The number of likely N-dealkylation sites (tertiary alicyclic amines) is 1. The van der Waals surface area contributed by atoms with Gasteiger partial charge in [-0.3, -0.25) is 9.69 Å². The Morgan fingerprint density at radius 2 is 2.14 bits per heavy atom. The zero-order valence-electron chi connectivity index (χ0n) is 8.99. The number of hydrogen-bond donors (Lipinski definition) is 1. The molecular weight excluding hydrogens is 178 g/mol. The summed E-state index contributed by atoms with van der Waals surface area (Å²) in [6.45, 7) is 3.20. The van der Waals surface area contributed by atoms with Gasteiger partial charge in [0, 0.05) is 33.2 Å². The van der Waals surface area contributed by atoms with Gasteiger partial charge in [0.1, 0.15) is 0 Å². The molecule has 2 rings (SSSR count). The van der Waals surface area contributed by atoms with Crippen LogP contribution in [0.1, 0.15) is 12.8 Å². The van der Waals surface area contributed by atoms with Crippen LogP contribution in [0.3, 0.4) is 0 Å². The zero-order chi connectivity index (χ0) is 10.1. The molecule has 1 N–H and O–H groups in total. The number of hydrogen-bond acceptors (Lipinski definition) is 3. The fourth-order valence-corrected chi connectivity index (χ4v) is 2.30. The second kappa shape index (κ2) is 3.87. The van der Waals surface area contributed by atoms with Crippen LogP contribution in [0.25, 0.3) is 0 Å². The van der Waals surface area contributed by atoms with Crippen molar-refractivity contribution in [3.05, 3.63) is 0 Å². The van der Waals surface area contributed by atoms with Gasteiger partial charge in [0.05, 0.1) is 6.04 Å². The Kier molecular flexibility index (Phi) is 2.74. The minimum Gasteiger partial charge on any atom is -0.347 e. The fraction of sp³-hybridized carbons (Fsp3) is 0.900. The van der Waals surface area contributed by atoms with Gasteiger partial charge in [-0.05, 0) is 19.4 Å². The van der Waals surface area contributed by atoms with Gasteiger partial charge in [0.25, 0.3) is 0 Å². The number of carbonyl (C=O) groups excluding carboxylic acids is 1. The Labute approximate surface area is 85.2 Å². The third-order valence-electron chi connectivity index (χ3n) is 3.25. The lowest BCUT2D eigenvalue weighted by Crippen LogP contribution is -2.60. The Morgan fingerprint density at radius 1 is 1.43 bits per heavy atom. The number of rotatable bonds is 2. The van der Waals surface area contributed by atoms with E-state index < -0.39 is 0 Å². The molecule has 0 spiro atoms. The van der Waals surface area contributed by atoms with Gasteiger partial charge in [0.2, 0.25) is 5.91 Å². The van der Waals surface area contributed by atoms with E-state index in [-0.39, 0.29) is 11.9 Å². The maximum absolute atomic E-state index is 11.9. The molecule has 1 unspecified atom stereocenters. The molecule has 1 amide bonds. The van der Waals surface area contributed by atoms with E-state index in [1.165, 1.54) is 6.42 Å². The maximum atomic E-state index is 11.9. The van der Waals surface area contributed by atoms with Crippen LogP contribution >= 0.6 is 0 Å². The van der Waals surface area contributed by atoms with E-state index >= 15 is 0 Å². The first kappa shape index (κ1) is 9.93. The van der Waals surface area contributed by atoms with Crippen LogP contribution in [0.5, 0.6) is 0 Å². The van der Waals surface area contributed by atoms with Crippen molar-refractivity contribution in [3.8, 4) is 0 Å². The van der Waals surface area contributed by atoms with Crippen molar-refractivity contribution in [2.45, 2.75) is 24.9 Å². The molecule has 2 saturated heterocycles. The van der Waals surface area contributed by atoms with Crippen molar-refractivity contribution in [1.29, 1.82) is 0 Å². The summed E-state index contributed by atoms with van der Waals surface area (Å²) in [6.07, 6.45) is 2.20. The summed E-state index contributed by atoms with van der Waals surface area (Å²) in [5, 5.41) is 3.26. The van der Waals surface area contributed by atoms with Crippen LogP contribution in [0.15, 0.2) is 0 Å². The Bertz CT molecular complexity index is 225. The molecule has 0 aromatic heterocycles. The molecule has 2 aliphatic heterocycles. The van der Waals surface area contributed by atoms with Gasteiger partial charge in [-0.15, -0.1) is 0 Å². The van der Waals surface area contributed by atoms with E-state index in [1.807, 2.05) is 14.1 Å². The molecule has 0 saturated carbocycles. The lowest BCUT2D eigenvalue weighted by Gasteiger charge is -2.39. The highest BCUT2D eigenvalue weighted by atomic mass is 16.2. The van der Waals surface area contributed by atoms with Crippen molar-refractivity contribution < 1.29 is 4.79 Å². The molecule has 0 radical (unpaired) electrons. The molecule has 4 heteroatoms. The third-order valence-corrected chi connectivity index (χ3v) is 3.25. The average Bonchev–Trinajstić information content (AvgIpc) is 2.48. The minimum absolute atomic E-state index is 0.150. The molecule has 4 nitrogen and oxygen atoms in total. The second-order valence-electron chi connectivity index (χ2n) is 4.44. The predicted molar refractivity (Wildman–Crippen MR) is 55.1 cm³/mol. The number of likely N-dealkylation sites (N-methyl/N-ethyl adjacent to an activating group) is 1. The fourth-order valence-electron chi connectivity index (χ4n) is 2.30. The van der Waals surface area contributed by atoms with Crippen LogP contribution in [-0.4, -0.2) is 61.5 Å². The summed E-state index contributed by atoms with van der Waals surface area (Å²) in [5.74, 6) is 0.273. The Hall–Kier alpha value is -0.610. The van der Waals surface area contributed by atoms with Crippen LogP contribution in [-0.2, 0) is 4.79 Å². The van der Waals surface area contributed by atoms with Crippen LogP contribution in [0, 0.1) is 0 Å². The first-order valence-electron chi connectivity index (χ1n) is 5.38. The molecule has 2 heterocycles. The molecule has 14 heavy (non-hydrogen) atoms. The number of nitrogens with zero attached hydrogens (tertiary/aromatic N) is 2. The number of carbonyl (C=O) groups is 1. The van der Waals surface area contributed by atoms with Gasteiger partial charge in [0.15, 0.2) is 0 Å². The van der Waals surface area contributed by atoms with Gasteiger partial charge >= 0.3 is 0 Å². The van der Waals surface area contributed by atoms with E-state index in [9.17, 15) is 4.79 Å². The van der Waals surface area contributed by atoms with E-state index in [2.05, 4.69) is 10.2 Å². The molecule has 2 aliphatic rings. The predicted octanol–water partition coefficient (Wildman–Crippen LogP) is -0.489. The van der Waals surface area contributed by atoms with Crippen molar-refractivity contribution in [2.75, 3.05) is 33.7 Å². The first-order valence-corrected chi connectivity index (χ1v) is 5.38.